The predicted molar refractivity (Wildman–Crippen MR) is 52.4 cm³/mol. The molecule has 1 aromatic carbocycles. The van der Waals surface area contributed by atoms with Crippen molar-refractivity contribution in [2.75, 3.05) is 7.11 Å². The number of methoxy groups -OCH3 is 1. The number of ether oxygens (including phenoxy) is 1. The van der Waals surface area contributed by atoms with Crippen molar-refractivity contribution >= 4 is 16.6 Å². The zero-order chi connectivity index (χ0) is 10.6. The second kappa shape index (κ2) is 4.64. The van der Waals surface area contributed by atoms with E-state index >= 15 is 0 Å². The summed E-state index contributed by atoms with van der Waals surface area (Å²) < 4.78 is 17.8. The van der Waals surface area contributed by atoms with Crippen molar-refractivity contribution in [3.63, 3.8) is 0 Å². The van der Waals surface area contributed by atoms with Gasteiger partial charge in [-0.15, -0.1) is 0 Å². The molecule has 1 rings (SSSR count). The quantitative estimate of drug-likeness (QED) is 0.705. The summed E-state index contributed by atoms with van der Waals surface area (Å²) in [5.74, 6) is 0.00758. The largest absolute Gasteiger partial charge is 0.496 e. The van der Waals surface area contributed by atoms with Gasteiger partial charge in [0.2, 0.25) is 0 Å². The second-order valence-electron chi connectivity index (χ2n) is 2.47. The van der Waals surface area contributed by atoms with Crippen LogP contribution in [0.4, 0.5) is 4.39 Å². The average molecular weight is 212 g/mol. The standard InChI is InChI=1S/C10H7ClFNO/c1-14-10-3-2-7(12)6-8(10)9(11)4-5-13/h2-4,6H,1H3/b9-4-. The van der Waals surface area contributed by atoms with Crippen LogP contribution in [0.1, 0.15) is 5.56 Å². The van der Waals surface area contributed by atoms with Crippen molar-refractivity contribution in [2.24, 2.45) is 0 Å². The van der Waals surface area contributed by atoms with Gasteiger partial charge in [0.05, 0.1) is 18.2 Å². The molecule has 0 spiro atoms. The number of nitrogens with zero attached hydrogens (tertiary/aromatic N) is 1. The molecule has 0 fully saturated rings. The number of benzene rings is 1. The molecule has 0 amide bonds. The van der Waals surface area contributed by atoms with Crippen LogP contribution in [0.25, 0.3) is 5.03 Å². The second-order valence-corrected chi connectivity index (χ2v) is 2.87. The fourth-order valence-corrected chi connectivity index (χ4v) is 1.20. The van der Waals surface area contributed by atoms with Crippen LogP contribution < -0.4 is 4.74 Å². The third-order valence-corrected chi connectivity index (χ3v) is 1.92. The van der Waals surface area contributed by atoms with Crippen LogP contribution in [0.15, 0.2) is 24.3 Å². The monoisotopic (exact) mass is 211 g/mol. The highest BCUT2D eigenvalue weighted by molar-refractivity contribution is 6.49. The molecule has 0 aliphatic carbocycles. The topological polar surface area (TPSA) is 33.0 Å². The predicted octanol–water partition coefficient (Wildman–Crippen LogP) is 2.94. The van der Waals surface area contributed by atoms with Gasteiger partial charge in [-0.05, 0) is 18.2 Å². The lowest BCUT2D eigenvalue weighted by Gasteiger charge is -2.06. The zero-order valence-electron chi connectivity index (χ0n) is 7.42. The summed E-state index contributed by atoms with van der Waals surface area (Å²) in [4.78, 5) is 0. The highest BCUT2D eigenvalue weighted by Crippen LogP contribution is 2.29. The van der Waals surface area contributed by atoms with Crippen LogP contribution in [0.5, 0.6) is 5.75 Å². The number of nitriles is 1. The third kappa shape index (κ3) is 2.24. The SMILES string of the molecule is COc1ccc(F)cc1/C(Cl)=C/C#N. The molecular weight excluding hydrogens is 205 g/mol. The highest BCUT2D eigenvalue weighted by Gasteiger charge is 2.07. The van der Waals surface area contributed by atoms with E-state index in [2.05, 4.69) is 0 Å². The number of halogens is 2. The van der Waals surface area contributed by atoms with Gasteiger partial charge in [0, 0.05) is 11.6 Å². The first-order valence-corrected chi connectivity index (χ1v) is 4.16. The molecule has 0 aromatic heterocycles. The van der Waals surface area contributed by atoms with Crippen LogP contribution in [-0.2, 0) is 0 Å². The van der Waals surface area contributed by atoms with Crippen LogP contribution in [0.3, 0.4) is 0 Å². The molecule has 0 N–H and O–H groups in total. The van der Waals surface area contributed by atoms with Crippen LogP contribution in [0.2, 0.25) is 0 Å². The third-order valence-electron chi connectivity index (χ3n) is 1.61. The first-order valence-electron chi connectivity index (χ1n) is 3.78. The first kappa shape index (κ1) is 10.6. The summed E-state index contributed by atoms with van der Waals surface area (Å²) in [6.45, 7) is 0. The van der Waals surface area contributed by atoms with Crippen LogP contribution in [0, 0.1) is 17.1 Å². The molecular formula is C10H7ClFNO. The lowest BCUT2D eigenvalue weighted by molar-refractivity contribution is 0.412. The van der Waals surface area contributed by atoms with E-state index in [9.17, 15) is 4.39 Å². The number of hydrogen-bond acceptors (Lipinski definition) is 2. The molecule has 0 aliphatic rings. The molecule has 1 aromatic rings. The maximum absolute atomic E-state index is 12.9. The van der Waals surface area contributed by atoms with E-state index in [4.69, 9.17) is 21.6 Å². The smallest absolute Gasteiger partial charge is 0.127 e. The van der Waals surface area contributed by atoms with Gasteiger partial charge in [-0.2, -0.15) is 5.26 Å². The van der Waals surface area contributed by atoms with E-state index in [0.717, 1.165) is 6.08 Å². The lowest BCUT2D eigenvalue weighted by Crippen LogP contribution is -1.89. The minimum absolute atomic E-state index is 0.156. The number of allylic oxidation sites excluding steroid dienone is 1. The van der Waals surface area contributed by atoms with Crippen molar-refractivity contribution < 1.29 is 9.13 Å². The molecule has 72 valence electrons. The number of hydrogen-bond donors (Lipinski definition) is 0. The Bertz CT molecular complexity index is 409. The van der Waals surface area contributed by atoms with Gasteiger partial charge < -0.3 is 4.74 Å². The Morgan fingerprint density at radius 1 is 1.64 bits per heavy atom. The van der Waals surface area contributed by atoms with E-state index in [1.54, 1.807) is 6.07 Å². The van der Waals surface area contributed by atoms with Gasteiger partial charge in [0.1, 0.15) is 11.6 Å². The first-order chi connectivity index (χ1) is 6.69. The van der Waals surface area contributed by atoms with Gasteiger partial charge >= 0.3 is 0 Å². The van der Waals surface area contributed by atoms with E-state index in [-0.39, 0.29) is 5.03 Å². The number of rotatable bonds is 2. The van der Waals surface area contributed by atoms with E-state index in [1.807, 2.05) is 0 Å². The summed E-state index contributed by atoms with van der Waals surface area (Å²) in [5.41, 5.74) is 0.371. The Kier molecular flexibility index (Phi) is 3.49. The Morgan fingerprint density at radius 3 is 2.93 bits per heavy atom. The molecule has 0 atom stereocenters. The molecule has 2 nitrogen and oxygen atoms in total. The van der Waals surface area contributed by atoms with Crippen LogP contribution >= 0.6 is 11.6 Å². The average Bonchev–Trinajstić information content (AvgIpc) is 2.18. The fraction of sp³-hybridized carbons (Fsp3) is 0.100. The van der Waals surface area contributed by atoms with Gasteiger partial charge in [-0.25, -0.2) is 4.39 Å². The van der Waals surface area contributed by atoms with Gasteiger partial charge in [-0.1, -0.05) is 11.6 Å². The summed E-state index contributed by atoms with van der Waals surface area (Å²) in [7, 11) is 1.45. The van der Waals surface area contributed by atoms with Crippen molar-refractivity contribution in [3.8, 4) is 11.8 Å². The summed E-state index contributed by atoms with van der Waals surface area (Å²) in [6.07, 6.45) is 1.12. The minimum atomic E-state index is -0.426. The molecule has 0 bridgehead atoms. The van der Waals surface area contributed by atoms with Crippen molar-refractivity contribution in [1.29, 1.82) is 5.26 Å². The zero-order valence-corrected chi connectivity index (χ0v) is 8.18. The molecule has 0 aliphatic heterocycles. The minimum Gasteiger partial charge on any atom is -0.496 e. The van der Waals surface area contributed by atoms with Gasteiger partial charge in [0.15, 0.2) is 0 Å². The summed E-state index contributed by atoms with van der Waals surface area (Å²) in [5, 5.41) is 8.54. The fourth-order valence-electron chi connectivity index (χ4n) is 1.00. The summed E-state index contributed by atoms with van der Waals surface area (Å²) in [6, 6.07) is 5.70. The van der Waals surface area contributed by atoms with Gasteiger partial charge in [-0.3, -0.25) is 0 Å². The molecule has 14 heavy (non-hydrogen) atoms. The molecule has 0 saturated heterocycles. The molecule has 0 unspecified atom stereocenters. The Hall–Kier alpha value is -1.53. The Balaban J connectivity index is 3.25. The van der Waals surface area contributed by atoms with Gasteiger partial charge in [0.25, 0.3) is 0 Å². The van der Waals surface area contributed by atoms with Crippen LogP contribution in [-0.4, -0.2) is 7.11 Å². The summed E-state index contributed by atoms with van der Waals surface area (Å²) >= 11 is 5.75. The molecule has 0 heterocycles. The van der Waals surface area contributed by atoms with E-state index in [1.165, 1.54) is 25.3 Å². The Labute approximate surface area is 86.2 Å². The lowest BCUT2D eigenvalue weighted by atomic mass is 10.2. The normalized spacial score (nSPS) is 10.9. The highest BCUT2D eigenvalue weighted by atomic mass is 35.5. The van der Waals surface area contributed by atoms with E-state index in [0.29, 0.717) is 11.3 Å². The van der Waals surface area contributed by atoms with Crippen molar-refractivity contribution in [2.45, 2.75) is 0 Å². The van der Waals surface area contributed by atoms with E-state index < -0.39 is 5.82 Å². The molecule has 4 heteroatoms. The Morgan fingerprint density at radius 2 is 2.36 bits per heavy atom. The van der Waals surface area contributed by atoms with Crippen molar-refractivity contribution in [1.82, 2.24) is 0 Å². The molecule has 0 radical (unpaired) electrons. The maximum atomic E-state index is 12.9. The van der Waals surface area contributed by atoms with Crippen molar-refractivity contribution in [3.05, 3.63) is 35.7 Å². The molecule has 0 saturated carbocycles. The maximum Gasteiger partial charge on any atom is 0.127 e.